The van der Waals surface area contributed by atoms with Gasteiger partial charge in [0, 0.05) is 24.1 Å². The number of anilines is 1. The van der Waals surface area contributed by atoms with Gasteiger partial charge in [0.1, 0.15) is 17.5 Å². The predicted octanol–water partition coefficient (Wildman–Crippen LogP) is 7.23. The summed E-state index contributed by atoms with van der Waals surface area (Å²) in [5, 5.41) is 2.94. The van der Waals surface area contributed by atoms with E-state index in [4.69, 9.17) is 16.3 Å². The second-order valence-corrected chi connectivity index (χ2v) is 11.7. The summed E-state index contributed by atoms with van der Waals surface area (Å²) < 4.78 is 77.4. The SMILES string of the molecule is C[C@H](c1ccc(F)cc1CCOC(=O)NCCc1ccccc1)N(c1cc(F)ccc1F)S(=O)(=O)c1ccc(Cl)cc1. The third-order valence-electron chi connectivity index (χ3n) is 6.55. The van der Waals surface area contributed by atoms with Crippen LogP contribution in [0.15, 0.2) is 95.9 Å². The van der Waals surface area contributed by atoms with Crippen LogP contribution in [0.2, 0.25) is 5.02 Å². The lowest BCUT2D eigenvalue weighted by Gasteiger charge is -2.32. The monoisotopic (exact) mass is 616 g/mol. The van der Waals surface area contributed by atoms with Crippen LogP contribution < -0.4 is 9.62 Å². The number of sulfonamides is 1. The Morgan fingerprint density at radius 2 is 1.57 bits per heavy atom. The lowest BCUT2D eigenvalue weighted by atomic mass is 9.98. The predicted molar refractivity (Wildman–Crippen MR) is 155 cm³/mol. The first-order chi connectivity index (χ1) is 20.1. The van der Waals surface area contributed by atoms with Gasteiger partial charge in [0.25, 0.3) is 10.0 Å². The Kier molecular flexibility index (Phi) is 10.1. The van der Waals surface area contributed by atoms with Gasteiger partial charge in [-0.25, -0.2) is 26.4 Å². The quantitative estimate of drug-likeness (QED) is 0.193. The van der Waals surface area contributed by atoms with Gasteiger partial charge in [-0.15, -0.1) is 0 Å². The molecule has 42 heavy (non-hydrogen) atoms. The molecule has 4 aromatic carbocycles. The molecule has 0 aliphatic heterocycles. The molecule has 220 valence electrons. The molecule has 0 aromatic heterocycles. The first-order valence-electron chi connectivity index (χ1n) is 13.0. The molecule has 4 aromatic rings. The zero-order valence-corrected chi connectivity index (χ0v) is 24.1. The van der Waals surface area contributed by atoms with E-state index in [9.17, 15) is 22.0 Å². The number of hydrogen-bond donors (Lipinski definition) is 1. The summed E-state index contributed by atoms with van der Waals surface area (Å²) >= 11 is 5.93. The highest BCUT2D eigenvalue weighted by Crippen LogP contribution is 2.37. The third-order valence-corrected chi connectivity index (χ3v) is 8.70. The van der Waals surface area contributed by atoms with E-state index >= 15 is 4.39 Å². The highest BCUT2D eigenvalue weighted by atomic mass is 35.5. The maximum Gasteiger partial charge on any atom is 0.407 e. The van der Waals surface area contributed by atoms with E-state index in [1.54, 1.807) is 0 Å². The van der Waals surface area contributed by atoms with Crippen LogP contribution in [0.4, 0.5) is 23.7 Å². The number of ether oxygens (including phenoxy) is 1. The molecule has 0 saturated heterocycles. The van der Waals surface area contributed by atoms with Crippen molar-refractivity contribution in [3.05, 3.63) is 130 Å². The number of rotatable bonds is 11. The van der Waals surface area contributed by atoms with Gasteiger partial charge in [-0.2, -0.15) is 0 Å². The number of halogens is 4. The number of nitrogens with one attached hydrogen (secondary N) is 1. The van der Waals surface area contributed by atoms with Crippen LogP contribution in [0.3, 0.4) is 0 Å². The number of carbonyl (C=O) groups excluding carboxylic acids is 1. The Morgan fingerprint density at radius 3 is 2.29 bits per heavy atom. The van der Waals surface area contributed by atoms with Crippen molar-refractivity contribution >= 4 is 33.4 Å². The molecule has 0 bridgehead atoms. The number of alkyl carbamates (subject to hydrolysis) is 1. The van der Waals surface area contributed by atoms with Gasteiger partial charge in [0.05, 0.1) is 23.2 Å². The van der Waals surface area contributed by atoms with Crippen molar-refractivity contribution in [2.24, 2.45) is 0 Å². The second-order valence-electron chi connectivity index (χ2n) is 9.42. The Labute approximate surface area is 247 Å². The van der Waals surface area contributed by atoms with Gasteiger partial charge in [0.2, 0.25) is 0 Å². The van der Waals surface area contributed by atoms with Crippen molar-refractivity contribution in [3.8, 4) is 0 Å². The van der Waals surface area contributed by atoms with Gasteiger partial charge in [0.15, 0.2) is 0 Å². The normalized spacial score (nSPS) is 12.0. The van der Waals surface area contributed by atoms with Gasteiger partial charge >= 0.3 is 6.09 Å². The fourth-order valence-corrected chi connectivity index (χ4v) is 6.27. The maximum absolute atomic E-state index is 15.1. The highest BCUT2D eigenvalue weighted by Gasteiger charge is 2.33. The van der Waals surface area contributed by atoms with E-state index in [0.717, 1.165) is 34.1 Å². The molecule has 11 heteroatoms. The molecule has 0 unspecified atom stereocenters. The molecule has 0 fully saturated rings. The largest absolute Gasteiger partial charge is 0.449 e. The molecule has 0 saturated carbocycles. The standard InChI is InChI=1S/C31H28ClF3N2O4S/c1-21(37(30-20-26(34)10-14-29(30)35)42(39,40)27-11-7-24(32)8-12-27)28-13-9-25(33)19-23(28)16-18-41-31(38)36-17-15-22-5-3-2-4-6-22/h2-14,19-21H,15-18H2,1H3,(H,36,38)/t21-/m1/s1. The van der Waals surface area contributed by atoms with E-state index in [1.165, 1.54) is 43.3 Å². The van der Waals surface area contributed by atoms with Crippen molar-refractivity contribution in [3.63, 3.8) is 0 Å². The maximum atomic E-state index is 15.1. The van der Waals surface area contributed by atoms with Gasteiger partial charge in [-0.1, -0.05) is 48.0 Å². The molecule has 4 rings (SSSR count). The van der Waals surface area contributed by atoms with Crippen molar-refractivity contribution in [1.29, 1.82) is 0 Å². The third kappa shape index (κ3) is 7.63. The molecular formula is C31H28ClF3N2O4S. The average Bonchev–Trinajstić information content (AvgIpc) is 2.96. The fourth-order valence-electron chi connectivity index (χ4n) is 4.50. The van der Waals surface area contributed by atoms with E-state index in [0.29, 0.717) is 24.1 Å². The lowest BCUT2D eigenvalue weighted by molar-refractivity contribution is 0.147. The summed E-state index contributed by atoms with van der Waals surface area (Å²) in [5.41, 5.74) is 1.16. The zero-order valence-electron chi connectivity index (χ0n) is 22.6. The van der Waals surface area contributed by atoms with Crippen molar-refractivity contribution in [1.82, 2.24) is 5.32 Å². The zero-order chi connectivity index (χ0) is 30.3. The highest BCUT2D eigenvalue weighted by molar-refractivity contribution is 7.92. The fraction of sp³-hybridized carbons (Fsp3) is 0.194. The summed E-state index contributed by atoms with van der Waals surface area (Å²) in [4.78, 5) is 12.0. The Balaban J connectivity index is 1.57. The molecule has 0 aliphatic rings. The van der Waals surface area contributed by atoms with Crippen LogP contribution >= 0.6 is 11.6 Å². The Bertz CT molecular complexity index is 1640. The van der Waals surface area contributed by atoms with Crippen molar-refractivity contribution in [2.75, 3.05) is 17.5 Å². The second kappa shape index (κ2) is 13.8. The molecule has 0 radical (unpaired) electrons. The minimum Gasteiger partial charge on any atom is -0.449 e. The molecule has 6 nitrogen and oxygen atoms in total. The van der Waals surface area contributed by atoms with E-state index in [1.807, 2.05) is 30.3 Å². The summed E-state index contributed by atoms with van der Waals surface area (Å²) in [6.07, 6.45) is -0.0224. The van der Waals surface area contributed by atoms with Crippen molar-refractivity contribution in [2.45, 2.75) is 30.7 Å². The first kappa shape index (κ1) is 30.9. The minimum absolute atomic E-state index is 0.0318. The summed E-state index contributed by atoms with van der Waals surface area (Å²) in [7, 11) is -4.47. The number of carbonyl (C=O) groups is 1. The molecule has 1 amide bonds. The molecule has 0 heterocycles. The first-order valence-corrected chi connectivity index (χ1v) is 14.9. The number of benzene rings is 4. The van der Waals surface area contributed by atoms with Crippen LogP contribution in [0.5, 0.6) is 0 Å². The Hall–Kier alpha value is -4.02. The summed E-state index contributed by atoms with van der Waals surface area (Å²) in [6, 6.07) is 19.9. The number of hydrogen-bond acceptors (Lipinski definition) is 4. The number of amides is 1. The summed E-state index contributed by atoms with van der Waals surface area (Å²) in [6.45, 7) is 1.69. The summed E-state index contributed by atoms with van der Waals surface area (Å²) in [5.74, 6) is -2.42. The van der Waals surface area contributed by atoms with Crippen LogP contribution in [0, 0.1) is 17.5 Å². The van der Waals surface area contributed by atoms with E-state index in [-0.39, 0.29) is 22.9 Å². The lowest BCUT2D eigenvalue weighted by Crippen LogP contribution is -2.35. The van der Waals surface area contributed by atoms with Gasteiger partial charge in [-0.05, 0) is 78.6 Å². The minimum atomic E-state index is -4.47. The van der Waals surface area contributed by atoms with Crippen LogP contribution in [0.1, 0.15) is 29.7 Å². The number of nitrogens with zero attached hydrogens (tertiary/aromatic N) is 1. The van der Waals surface area contributed by atoms with Crippen molar-refractivity contribution < 1.29 is 31.1 Å². The van der Waals surface area contributed by atoms with Crippen LogP contribution in [0.25, 0.3) is 0 Å². The average molecular weight is 617 g/mol. The van der Waals surface area contributed by atoms with Crippen LogP contribution in [-0.2, 0) is 27.6 Å². The molecular weight excluding hydrogens is 589 g/mol. The van der Waals surface area contributed by atoms with Gasteiger partial charge < -0.3 is 10.1 Å². The van der Waals surface area contributed by atoms with E-state index in [2.05, 4.69) is 5.32 Å². The molecule has 0 aliphatic carbocycles. The molecule has 0 spiro atoms. The molecule has 1 N–H and O–H groups in total. The topological polar surface area (TPSA) is 75.7 Å². The Morgan fingerprint density at radius 1 is 0.905 bits per heavy atom. The van der Waals surface area contributed by atoms with Crippen LogP contribution in [-0.4, -0.2) is 27.7 Å². The molecule has 1 atom stereocenters. The smallest absolute Gasteiger partial charge is 0.407 e. The van der Waals surface area contributed by atoms with Gasteiger partial charge in [-0.3, -0.25) is 4.31 Å². The van der Waals surface area contributed by atoms with E-state index < -0.39 is 45.3 Å².